The van der Waals surface area contributed by atoms with E-state index in [4.69, 9.17) is 0 Å². The molecule has 112 heavy (non-hydrogen) atoms. The number of thiophene rings is 4. The second-order valence-electron chi connectivity index (χ2n) is 28.9. The van der Waals surface area contributed by atoms with Crippen LogP contribution in [0.3, 0.4) is 0 Å². The number of nitriles is 4. The van der Waals surface area contributed by atoms with Crippen molar-refractivity contribution in [3.05, 3.63) is 326 Å². The number of hydrogen-bond donors (Lipinski definition) is 0. The van der Waals surface area contributed by atoms with E-state index in [1.54, 1.807) is 45.3 Å². The molecule has 0 aliphatic heterocycles. The van der Waals surface area contributed by atoms with Crippen LogP contribution in [-0.4, -0.2) is 18.3 Å². The topological polar surface area (TPSA) is 115 Å². The van der Waals surface area contributed by atoms with Crippen molar-refractivity contribution in [3.63, 3.8) is 0 Å². The Hall–Kier alpha value is -14.4. The van der Waals surface area contributed by atoms with Gasteiger partial charge in [0.05, 0.1) is 111 Å². The van der Waals surface area contributed by atoms with E-state index in [2.05, 4.69) is 309 Å². The summed E-state index contributed by atoms with van der Waals surface area (Å²) in [6, 6.07) is 118. The predicted molar refractivity (Wildman–Crippen MR) is 471 cm³/mol. The predicted octanol–water partition coefficient (Wildman–Crippen LogP) is 28.0. The molecule has 24 aromatic rings. The summed E-state index contributed by atoms with van der Waals surface area (Å²) in [5.74, 6) is 0. The van der Waals surface area contributed by atoms with E-state index in [1.807, 2.05) is 36.4 Å². The molecule has 0 aliphatic rings. The van der Waals surface area contributed by atoms with Gasteiger partial charge in [0, 0.05) is 131 Å². The summed E-state index contributed by atoms with van der Waals surface area (Å²) in [6.07, 6.45) is 0. The van der Waals surface area contributed by atoms with E-state index in [0.29, 0.717) is 22.3 Å². The molecule has 16 aromatic carbocycles. The largest absolute Gasteiger partial charge is 0.308 e. The molecule has 24 rings (SSSR count). The molecule has 0 atom stereocenters. The Morgan fingerprint density at radius 1 is 0.214 bits per heavy atom. The Bertz CT molecular complexity index is 8600. The van der Waals surface area contributed by atoms with Gasteiger partial charge in [-0.25, -0.2) is 0 Å². The third kappa shape index (κ3) is 8.58. The van der Waals surface area contributed by atoms with E-state index in [-0.39, 0.29) is 0 Å². The third-order valence-electron chi connectivity index (χ3n) is 23.2. The van der Waals surface area contributed by atoms with Crippen LogP contribution in [0.25, 0.3) is 224 Å². The fraction of sp³-hybridized carbons (Fsp3) is 0. The van der Waals surface area contributed by atoms with Crippen LogP contribution in [0.15, 0.2) is 303 Å². The first-order valence-electron chi connectivity index (χ1n) is 37.0. The quantitative estimate of drug-likeness (QED) is 0.158. The van der Waals surface area contributed by atoms with Gasteiger partial charge in [-0.1, -0.05) is 188 Å². The normalized spacial score (nSPS) is 12.1. The van der Waals surface area contributed by atoms with Crippen molar-refractivity contribution < 1.29 is 0 Å². The highest BCUT2D eigenvalue weighted by Gasteiger charge is 2.31. The molecule has 514 valence electrons. The van der Waals surface area contributed by atoms with Crippen molar-refractivity contribution in [3.8, 4) is 80.4 Å². The van der Waals surface area contributed by atoms with E-state index in [0.717, 1.165) is 194 Å². The van der Waals surface area contributed by atoms with Crippen molar-refractivity contribution in [1.29, 1.82) is 21.0 Å². The van der Waals surface area contributed by atoms with Gasteiger partial charge in [0.15, 0.2) is 0 Å². The standard InChI is InChI=1S/C100H50N8S4/c101-51-55-19-17-21-57(43-55)72-49-82(59(53-103)45-84(72)107-78-31-9-1-23-61(78)66-41-42-90-92(94(66)107)70-29-7-14-36-87(70)109-90)105-80-33-11-3-25-63(80)75-48-77(98-93(95(75)105)71-30-8-16-38-89(71)110-98)74-47-76-64-26-4-12-34-81(64)106(97(76)100-91(74)69-28-6-15-37-88(69)112-100)83-50-73(58-22-18-20-56(44-58)52-102)85(46-60(83)54-104)108-79-32-10-2-24-62(79)67-39-40-68-65-27-5-13-35-86(65)111-99(68)96(67)108/h1-50H. The maximum atomic E-state index is 12.1. The van der Waals surface area contributed by atoms with E-state index in [9.17, 15) is 21.0 Å². The summed E-state index contributed by atoms with van der Waals surface area (Å²) in [4.78, 5) is 0. The molecule has 0 bridgehead atoms. The van der Waals surface area contributed by atoms with E-state index >= 15 is 0 Å². The Morgan fingerprint density at radius 2 is 0.598 bits per heavy atom. The summed E-state index contributed by atoms with van der Waals surface area (Å²) in [7, 11) is 0. The fourth-order valence-electron chi connectivity index (χ4n) is 18.6. The second-order valence-corrected chi connectivity index (χ2v) is 33.1. The first kappa shape index (κ1) is 62.6. The molecule has 0 amide bonds. The highest BCUT2D eigenvalue weighted by atomic mass is 32.1. The van der Waals surface area contributed by atoms with Gasteiger partial charge in [-0.05, 0) is 132 Å². The first-order chi connectivity index (χ1) is 55.4. The second kappa shape index (κ2) is 23.5. The van der Waals surface area contributed by atoms with Crippen molar-refractivity contribution in [2.24, 2.45) is 0 Å². The fourth-order valence-corrected chi connectivity index (χ4v) is 23.5. The van der Waals surface area contributed by atoms with Crippen LogP contribution in [0.2, 0.25) is 0 Å². The lowest BCUT2D eigenvalue weighted by Crippen LogP contribution is -2.04. The average molecular weight is 1490 g/mol. The lowest BCUT2D eigenvalue weighted by molar-refractivity contribution is 1.14. The van der Waals surface area contributed by atoms with Gasteiger partial charge < -0.3 is 18.3 Å². The minimum Gasteiger partial charge on any atom is -0.308 e. The molecule has 8 nitrogen and oxygen atoms in total. The third-order valence-corrected chi connectivity index (χ3v) is 28.0. The van der Waals surface area contributed by atoms with E-state index in [1.165, 1.54) is 30.3 Å². The Kier molecular flexibility index (Phi) is 13.2. The number of nitrogens with zero attached hydrogens (tertiary/aromatic N) is 8. The Morgan fingerprint density at radius 3 is 1.15 bits per heavy atom. The zero-order valence-corrected chi connectivity index (χ0v) is 62.3. The SMILES string of the molecule is N#Cc1cccc(-c2cc(-n3c4ccccc4c4cc(-c5cc6c7ccccc7n(-c7cc(-c8cccc(C#N)c8)c(-n8c9ccccc9c9ccc%10sc%11ccccc%11c%10c98)cc7C#N)c6c6c5sc5ccccc56)c5c6ccccc6sc5c43)c(C#N)cc2-n2c3ccccc3c3ccc4c5ccccc5sc4c32)c1. The number of benzene rings is 16. The number of para-hydroxylation sites is 4. The van der Waals surface area contributed by atoms with Crippen LogP contribution < -0.4 is 0 Å². The van der Waals surface area contributed by atoms with Crippen molar-refractivity contribution in [2.75, 3.05) is 0 Å². The molecule has 0 N–H and O–H groups in total. The van der Waals surface area contributed by atoms with Gasteiger partial charge in [-0.2, -0.15) is 21.0 Å². The Labute approximate surface area is 653 Å². The molecule has 0 spiro atoms. The average Bonchev–Trinajstić information content (AvgIpc) is 1.53. The van der Waals surface area contributed by atoms with Gasteiger partial charge in [0.25, 0.3) is 0 Å². The monoisotopic (exact) mass is 1490 g/mol. The Balaban J connectivity index is 0.789. The minimum absolute atomic E-state index is 0.494. The first-order valence-corrected chi connectivity index (χ1v) is 40.3. The van der Waals surface area contributed by atoms with Crippen LogP contribution in [0.1, 0.15) is 22.3 Å². The van der Waals surface area contributed by atoms with Crippen molar-refractivity contribution >= 4 is 213 Å². The summed E-state index contributed by atoms with van der Waals surface area (Å²) in [6.45, 7) is 0. The molecule has 8 heterocycles. The van der Waals surface area contributed by atoms with Crippen LogP contribution in [0, 0.1) is 45.3 Å². The highest BCUT2D eigenvalue weighted by molar-refractivity contribution is 7.28. The number of aromatic nitrogens is 4. The molecule has 0 unspecified atom stereocenters. The van der Waals surface area contributed by atoms with Crippen LogP contribution in [0.5, 0.6) is 0 Å². The smallest absolute Gasteiger partial charge is 0.101 e. The van der Waals surface area contributed by atoms with Gasteiger partial charge >= 0.3 is 0 Å². The molecular formula is C100H50N8S4. The van der Waals surface area contributed by atoms with Gasteiger partial charge in [-0.15, -0.1) is 45.3 Å². The number of hydrogen-bond acceptors (Lipinski definition) is 8. The van der Waals surface area contributed by atoms with Crippen LogP contribution in [0.4, 0.5) is 0 Å². The minimum atomic E-state index is 0.494. The van der Waals surface area contributed by atoms with Gasteiger partial charge in [-0.3, -0.25) is 0 Å². The molecule has 8 aromatic heterocycles. The summed E-state index contributed by atoms with van der Waals surface area (Å²) in [5.41, 5.74) is 18.9. The van der Waals surface area contributed by atoms with Crippen LogP contribution in [-0.2, 0) is 0 Å². The maximum absolute atomic E-state index is 12.1. The zero-order valence-electron chi connectivity index (χ0n) is 59.1. The summed E-state index contributed by atoms with van der Waals surface area (Å²) in [5, 5.41) is 63.3. The molecule has 0 saturated carbocycles. The van der Waals surface area contributed by atoms with Crippen molar-refractivity contribution in [2.45, 2.75) is 0 Å². The molecule has 0 aliphatic carbocycles. The summed E-state index contributed by atoms with van der Waals surface area (Å²) < 4.78 is 18.7. The van der Waals surface area contributed by atoms with E-state index < -0.39 is 0 Å². The molecule has 0 saturated heterocycles. The molecular weight excluding hydrogens is 1440 g/mol. The van der Waals surface area contributed by atoms with Gasteiger partial charge in [0.1, 0.15) is 12.1 Å². The summed E-state index contributed by atoms with van der Waals surface area (Å²) >= 11 is 7.16. The lowest BCUT2D eigenvalue weighted by atomic mass is 9.93. The molecule has 0 fully saturated rings. The molecule has 12 heteroatoms. The van der Waals surface area contributed by atoms with Crippen molar-refractivity contribution in [1.82, 2.24) is 18.3 Å². The number of rotatable bonds is 7. The van der Waals surface area contributed by atoms with Gasteiger partial charge in [0.2, 0.25) is 0 Å². The van der Waals surface area contributed by atoms with Crippen LogP contribution >= 0.6 is 45.3 Å². The zero-order chi connectivity index (χ0) is 73.9. The lowest BCUT2D eigenvalue weighted by Gasteiger charge is -2.20. The maximum Gasteiger partial charge on any atom is 0.101 e. The number of fused-ring (bicyclic) bond motifs is 28. The highest BCUT2D eigenvalue weighted by Crippen LogP contribution is 2.55. The molecule has 0 radical (unpaired) electrons.